The van der Waals surface area contributed by atoms with E-state index in [-0.39, 0.29) is 5.82 Å². The molecule has 0 spiro atoms. The Kier molecular flexibility index (Phi) is 3.41. The van der Waals surface area contributed by atoms with Crippen molar-refractivity contribution >= 4 is 0 Å². The number of nitrogens with one attached hydrogen (secondary N) is 1. The van der Waals surface area contributed by atoms with Crippen LogP contribution in [-0.4, -0.2) is 26.7 Å². The summed E-state index contributed by atoms with van der Waals surface area (Å²) < 4.78 is 18.3. The molecule has 3 nitrogen and oxygen atoms in total. The topological polar surface area (TPSA) is 47.3 Å². The fourth-order valence-electron chi connectivity index (χ4n) is 2.34. The molecule has 2 unspecified atom stereocenters. The summed E-state index contributed by atoms with van der Waals surface area (Å²) in [5.74, 6) is 1.07. The number of hydrogen-bond acceptors (Lipinski definition) is 3. The van der Waals surface area contributed by atoms with Crippen molar-refractivity contribution in [1.82, 2.24) is 5.32 Å². The van der Waals surface area contributed by atoms with Gasteiger partial charge >= 0.3 is 0 Å². The molecule has 0 radical (unpaired) electrons. The Balaban J connectivity index is 2.31. The Hall–Kier alpha value is -1.13. The fraction of sp³-hybridized carbons (Fsp3) is 0.500. The Morgan fingerprint density at radius 2 is 2.31 bits per heavy atom. The molecule has 0 saturated carbocycles. The summed E-state index contributed by atoms with van der Waals surface area (Å²) in [6, 6.07) is 4.71. The molecule has 1 saturated heterocycles. The summed E-state index contributed by atoms with van der Waals surface area (Å²) in [6.07, 6.45) is 0. The average Bonchev–Trinajstić information content (AvgIpc) is 2.76. The van der Waals surface area contributed by atoms with Crippen LogP contribution in [0.3, 0.4) is 0 Å². The predicted molar refractivity (Wildman–Crippen MR) is 61.1 cm³/mol. The van der Waals surface area contributed by atoms with Crippen molar-refractivity contribution in [2.45, 2.75) is 5.92 Å². The normalized spacial score (nSPS) is 24.7. The van der Waals surface area contributed by atoms with Gasteiger partial charge in [-0.15, -0.1) is 0 Å². The second-order valence-electron chi connectivity index (χ2n) is 4.15. The van der Waals surface area contributed by atoms with Gasteiger partial charge in [0.2, 0.25) is 0 Å². The molecule has 0 aliphatic carbocycles. The Bertz CT molecular complexity index is 370. The third kappa shape index (κ3) is 2.03. The number of hydrogen-bond donors (Lipinski definition) is 2. The minimum Gasteiger partial charge on any atom is -0.496 e. The molecule has 2 atom stereocenters. The number of rotatable bonds is 3. The van der Waals surface area contributed by atoms with E-state index in [2.05, 4.69) is 5.32 Å². The summed E-state index contributed by atoms with van der Waals surface area (Å²) in [5.41, 5.74) is 6.77. The monoisotopic (exact) mass is 224 g/mol. The molecule has 88 valence electrons. The zero-order valence-corrected chi connectivity index (χ0v) is 9.37. The zero-order valence-electron chi connectivity index (χ0n) is 9.37. The van der Waals surface area contributed by atoms with E-state index in [4.69, 9.17) is 10.5 Å². The van der Waals surface area contributed by atoms with Crippen molar-refractivity contribution in [3.8, 4) is 5.75 Å². The van der Waals surface area contributed by atoms with Gasteiger partial charge in [0.1, 0.15) is 11.6 Å². The lowest BCUT2D eigenvalue weighted by atomic mass is 9.88. The van der Waals surface area contributed by atoms with Crippen LogP contribution < -0.4 is 15.8 Å². The highest BCUT2D eigenvalue weighted by Crippen LogP contribution is 2.34. The van der Waals surface area contributed by atoms with Gasteiger partial charge in [-0.1, -0.05) is 6.07 Å². The molecule has 0 aromatic heterocycles. The standard InChI is InChI=1S/C12H17FN2O/c1-16-12-4-9(13)2-3-10(12)11-7-15-6-8(11)5-14/h2-4,8,11,15H,5-7,14H2,1H3. The number of halogens is 1. The minimum atomic E-state index is -0.268. The maximum atomic E-state index is 13.1. The smallest absolute Gasteiger partial charge is 0.126 e. The largest absolute Gasteiger partial charge is 0.496 e. The van der Waals surface area contributed by atoms with Crippen LogP contribution in [0.25, 0.3) is 0 Å². The first-order valence-electron chi connectivity index (χ1n) is 5.50. The number of benzene rings is 1. The number of ether oxygens (including phenoxy) is 1. The van der Waals surface area contributed by atoms with E-state index in [0.717, 1.165) is 18.7 Å². The summed E-state index contributed by atoms with van der Waals surface area (Å²) >= 11 is 0. The fourth-order valence-corrected chi connectivity index (χ4v) is 2.34. The van der Waals surface area contributed by atoms with Gasteiger partial charge in [-0.2, -0.15) is 0 Å². The van der Waals surface area contributed by atoms with Crippen molar-refractivity contribution < 1.29 is 9.13 Å². The second-order valence-corrected chi connectivity index (χ2v) is 4.15. The third-order valence-electron chi connectivity index (χ3n) is 3.24. The van der Waals surface area contributed by atoms with Crippen LogP contribution in [0.5, 0.6) is 5.75 Å². The van der Waals surface area contributed by atoms with Crippen molar-refractivity contribution in [3.05, 3.63) is 29.6 Å². The molecule has 1 aliphatic rings. The Morgan fingerprint density at radius 3 is 3.00 bits per heavy atom. The van der Waals surface area contributed by atoms with Gasteiger partial charge in [-0.3, -0.25) is 0 Å². The van der Waals surface area contributed by atoms with E-state index in [1.807, 2.05) is 0 Å². The van der Waals surface area contributed by atoms with Crippen LogP contribution in [0, 0.1) is 11.7 Å². The first-order chi connectivity index (χ1) is 7.76. The van der Waals surface area contributed by atoms with Crippen molar-refractivity contribution in [2.24, 2.45) is 11.7 Å². The summed E-state index contributed by atoms with van der Waals surface area (Å²) in [4.78, 5) is 0. The van der Waals surface area contributed by atoms with E-state index in [9.17, 15) is 4.39 Å². The molecular weight excluding hydrogens is 207 g/mol. The number of nitrogens with two attached hydrogens (primary N) is 1. The lowest BCUT2D eigenvalue weighted by molar-refractivity contribution is 0.396. The molecule has 0 amide bonds. The zero-order chi connectivity index (χ0) is 11.5. The Labute approximate surface area is 94.8 Å². The van der Waals surface area contributed by atoms with E-state index in [0.29, 0.717) is 24.1 Å². The van der Waals surface area contributed by atoms with Crippen LogP contribution >= 0.6 is 0 Å². The predicted octanol–water partition coefficient (Wildman–Crippen LogP) is 1.10. The highest BCUT2D eigenvalue weighted by molar-refractivity contribution is 5.38. The van der Waals surface area contributed by atoms with E-state index < -0.39 is 0 Å². The minimum absolute atomic E-state index is 0.268. The molecule has 4 heteroatoms. The molecule has 3 N–H and O–H groups in total. The molecule has 1 aromatic rings. The van der Waals surface area contributed by atoms with Crippen molar-refractivity contribution in [2.75, 3.05) is 26.7 Å². The lowest BCUT2D eigenvalue weighted by Crippen LogP contribution is -2.21. The van der Waals surface area contributed by atoms with Crippen molar-refractivity contribution in [1.29, 1.82) is 0 Å². The average molecular weight is 224 g/mol. The summed E-state index contributed by atoms with van der Waals surface area (Å²) in [5, 5.41) is 3.31. The first kappa shape index (κ1) is 11.4. The molecule has 0 bridgehead atoms. The van der Waals surface area contributed by atoms with Crippen molar-refractivity contribution in [3.63, 3.8) is 0 Å². The molecular formula is C12H17FN2O. The highest BCUT2D eigenvalue weighted by atomic mass is 19.1. The number of methoxy groups -OCH3 is 1. The summed E-state index contributed by atoms with van der Waals surface area (Å²) in [7, 11) is 1.57. The summed E-state index contributed by atoms with van der Waals surface area (Å²) in [6.45, 7) is 2.43. The highest BCUT2D eigenvalue weighted by Gasteiger charge is 2.29. The molecule has 1 heterocycles. The maximum absolute atomic E-state index is 13.1. The van der Waals surface area contributed by atoms with Crippen LogP contribution in [0.4, 0.5) is 4.39 Å². The third-order valence-corrected chi connectivity index (χ3v) is 3.24. The maximum Gasteiger partial charge on any atom is 0.126 e. The van der Waals surface area contributed by atoms with Gasteiger partial charge < -0.3 is 15.8 Å². The van der Waals surface area contributed by atoms with E-state index in [1.165, 1.54) is 12.1 Å². The quantitative estimate of drug-likeness (QED) is 0.808. The SMILES string of the molecule is COc1cc(F)ccc1C1CNCC1CN. The van der Waals surface area contributed by atoms with Gasteiger partial charge in [0.15, 0.2) is 0 Å². The molecule has 16 heavy (non-hydrogen) atoms. The molecule has 1 fully saturated rings. The van der Waals surface area contributed by atoms with E-state index >= 15 is 0 Å². The van der Waals surface area contributed by atoms with Gasteiger partial charge in [0.25, 0.3) is 0 Å². The van der Waals surface area contributed by atoms with Gasteiger partial charge in [0.05, 0.1) is 7.11 Å². The Morgan fingerprint density at radius 1 is 1.50 bits per heavy atom. The second kappa shape index (κ2) is 4.80. The van der Waals surface area contributed by atoms with Gasteiger partial charge in [-0.05, 0) is 30.6 Å². The molecule has 1 aromatic carbocycles. The van der Waals surface area contributed by atoms with Crippen LogP contribution in [0.15, 0.2) is 18.2 Å². The van der Waals surface area contributed by atoms with Crippen LogP contribution in [-0.2, 0) is 0 Å². The lowest BCUT2D eigenvalue weighted by Gasteiger charge is -2.19. The van der Waals surface area contributed by atoms with Crippen LogP contribution in [0.2, 0.25) is 0 Å². The molecule has 1 aliphatic heterocycles. The van der Waals surface area contributed by atoms with E-state index in [1.54, 1.807) is 13.2 Å². The van der Waals surface area contributed by atoms with Gasteiger partial charge in [-0.25, -0.2) is 4.39 Å². The van der Waals surface area contributed by atoms with Crippen LogP contribution in [0.1, 0.15) is 11.5 Å². The molecule has 2 rings (SSSR count). The van der Waals surface area contributed by atoms with Gasteiger partial charge in [0, 0.05) is 18.5 Å². The first-order valence-corrected chi connectivity index (χ1v) is 5.50.